The second-order valence-corrected chi connectivity index (χ2v) is 5.05. The third-order valence-electron chi connectivity index (χ3n) is 2.64. The summed E-state index contributed by atoms with van der Waals surface area (Å²) in [6, 6.07) is 6.49. The zero-order chi connectivity index (χ0) is 10.7. The molecular formula is C12H17NOS. The zero-order valence-electron chi connectivity index (χ0n) is 9.03. The fourth-order valence-electron chi connectivity index (χ4n) is 1.78. The smallest absolute Gasteiger partial charge is 0.122 e. The van der Waals surface area contributed by atoms with Gasteiger partial charge in [0.25, 0.3) is 0 Å². The van der Waals surface area contributed by atoms with Gasteiger partial charge in [-0.2, -0.15) is 11.8 Å². The van der Waals surface area contributed by atoms with Gasteiger partial charge in [0.1, 0.15) is 5.75 Å². The molecule has 1 heterocycles. The van der Waals surface area contributed by atoms with Crippen molar-refractivity contribution in [2.24, 2.45) is 5.73 Å². The average molecular weight is 223 g/mol. The molecule has 2 nitrogen and oxygen atoms in total. The minimum Gasteiger partial charge on any atom is -0.493 e. The van der Waals surface area contributed by atoms with Crippen LogP contribution < -0.4 is 10.5 Å². The lowest BCUT2D eigenvalue weighted by molar-refractivity contribution is 0.357. The number of thioether (sulfide) groups is 1. The molecule has 0 aliphatic carbocycles. The second kappa shape index (κ2) is 4.90. The zero-order valence-corrected chi connectivity index (χ0v) is 9.85. The molecule has 0 amide bonds. The van der Waals surface area contributed by atoms with E-state index in [0.717, 1.165) is 30.3 Å². The van der Waals surface area contributed by atoms with Crippen LogP contribution in [0.4, 0.5) is 0 Å². The molecule has 3 heteroatoms. The minimum atomic E-state index is 0.154. The molecule has 82 valence electrons. The summed E-state index contributed by atoms with van der Waals surface area (Å²) in [5, 5.41) is 0. The largest absolute Gasteiger partial charge is 0.493 e. The van der Waals surface area contributed by atoms with Crippen LogP contribution in [0, 0.1) is 0 Å². The maximum Gasteiger partial charge on any atom is 0.122 e. The van der Waals surface area contributed by atoms with Crippen molar-refractivity contribution in [2.75, 3.05) is 18.1 Å². The van der Waals surface area contributed by atoms with Crippen molar-refractivity contribution in [3.8, 4) is 5.75 Å². The van der Waals surface area contributed by atoms with Gasteiger partial charge < -0.3 is 10.5 Å². The fourth-order valence-corrected chi connectivity index (χ4v) is 2.46. The van der Waals surface area contributed by atoms with Crippen LogP contribution in [0.25, 0.3) is 0 Å². The molecule has 0 spiro atoms. The maximum atomic E-state index is 6.11. The highest BCUT2D eigenvalue weighted by atomic mass is 32.2. The van der Waals surface area contributed by atoms with Crippen LogP contribution in [0.5, 0.6) is 5.75 Å². The molecule has 1 aliphatic heterocycles. The lowest BCUT2D eigenvalue weighted by Gasteiger charge is -2.12. The summed E-state index contributed by atoms with van der Waals surface area (Å²) in [5.74, 6) is 3.16. The van der Waals surface area contributed by atoms with Crippen LogP contribution in [0.1, 0.15) is 24.1 Å². The van der Waals surface area contributed by atoms with Gasteiger partial charge in [-0.3, -0.25) is 0 Å². The van der Waals surface area contributed by atoms with Gasteiger partial charge in [0.2, 0.25) is 0 Å². The van der Waals surface area contributed by atoms with Crippen LogP contribution in [-0.2, 0) is 6.42 Å². The predicted octanol–water partition coefficient (Wildman–Crippen LogP) is 2.37. The third-order valence-corrected chi connectivity index (χ3v) is 3.65. The molecule has 0 saturated carbocycles. The van der Waals surface area contributed by atoms with Crippen LogP contribution in [0.2, 0.25) is 0 Å². The minimum absolute atomic E-state index is 0.154. The Morgan fingerprint density at radius 2 is 2.40 bits per heavy atom. The molecule has 1 aliphatic rings. The van der Waals surface area contributed by atoms with Crippen molar-refractivity contribution in [3.63, 3.8) is 0 Å². The van der Waals surface area contributed by atoms with Gasteiger partial charge >= 0.3 is 0 Å². The van der Waals surface area contributed by atoms with Crippen molar-refractivity contribution in [3.05, 3.63) is 29.3 Å². The first kappa shape index (κ1) is 10.8. The number of nitrogens with two attached hydrogens (primary N) is 1. The molecular weight excluding hydrogens is 206 g/mol. The van der Waals surface area contributed by atoms with E-state index < -0.39 is 0 Å². The Morgan fingerprint density at radius 3 is 3.20 bits per heavy atom. The number of fused-ring (bicyclic) bond motifs is 1. The first-order valence-electron chi connectivity index (χ1n) is 5.40. The number of benzene rings is 1. The van der Waals surface area contributed by atoms with Crippen molar-refractivity contribution >= 4 is 11.8 Å². The predicted molar refractivity (Wildman–Crippen MR) is 65.6 cm³/mol. The maximum absolute atomic E-state index is 6.11. The van der Waals surface area contributed by atoms with Crippen LogP contribution >= 0.6 is 11.8 Å². The quantitative estimate of drug-likeness (QED) is 0.851. The van der Waals surface area contributed by atoms with Gasteiger partial charge in [-0.1, -0.05) is 19.1 Å². The highest BCUT2D eigenvalue weighted by Crippen LogP contribution is 2.28. The fraction of sp³-hybridized carbons (Fsp3) is 0.500. The third kappa shape index (κ3) is 2.47. The van der Waals surface area contributed by atoms with E-state index in [-0.39, 0.29) is 6.04 Å². The highest BCUT2D eigenvalue weighted by molar-refractivity contribution is 7.99. The molecule has 1 atom stereocenters. The highest BCUT2D eigenvalue weighted by Gasteiger charge is 2.14. The van der Waals surface area contributed by atoms with E-state index in [4.69, 9.17) is 10.5 Å². The van der Waals surface area contributed by atoms with Gasteiger partial charge in [0.05, 0.1) is 6.61 Å². The van der Waals surface area contributed by atoms with E-state index in [1.165, 1.54) is 11.1 Å². The molecule has 0 aromatic heterocycles. The number of hydrogen-bond acceptors (Lipinski definition) is 3. The van der Waals surface area contributed by atoms with Gasteiger partial charge in [-0.15, -0.1) is 0 Å². The lowest BCUT2D eigenvalue weighted by atomic mass is 10.0. The summed E-state index contributed by atoms with van der Waals surface area (Å²) in [4.78, 5) is 0. The molecule has 0 fully saturated rings. The van der Waals surface area contributed by atoms with E-state index in [1.54, 1.807) is 0 Å². The normalized spacial score (nSPS) is 15.9. The van der Waals surface area contributed by atoms with E-state index in [0.29, 0.717) is 0 Å². The summed E-state index contributed by atoms with van der Waals surface area (Å²) in [5.41, 5.74) is 8.66. The Hall–Kier alpha value is -0.670. The van der Waals surface area contributed by atoms with Gasteiger partial charge in [-0.25, -0.2) is 0 Å². The summed E-state index contributed by atoms with van der Waals surface area (Å²) in [6.45, 7) is 2.98. The van der Waals surface area contributed by atoms with Crippen molar-refractivity contribution in [2.45, 2.75) is 19.4 Å². The molecule has 1 unspecified atom stereocenters. The molecule has 15 heavy (non-hydrogen) atoms. The standard InChI is InChI=1S/C12H17NOS/c1-2-15-8-11(13)9-3-4-12-10(7-9)5-6-14-12/h3-4,7,11H,2,5-6,8,13H2,1H3. The Labute approximate surface area is 95.2 Å². The van der Waals surface area contributed by atoms with E-state index in [9.17, 15) is 0 Å². The van der Waals surface area contributed by atoms with Crippen LogP contribution in [-0.4, -0.2) is 18.1 Å². The summed E-state index contributed by atoms with van der Waals surface area (Å²) < 4.78 is 5.47. The van der Waals surface area contributed by atoms with Crippen LogP contribution in [0.15, 0.2) is 18.2 Å². The van der Waals surface area contributed by atoms with E-state index in [1.807, 2.05) is 17.8 Å². The lowest BCUT2D eigenvalue weighted by Crippen LogP contribution is -2.13. The Kier molecular flexibility index (Phi) is 3.54. The number of rotatable bonds is 4. The van der Waals surface area contributed by atoms with Crippen molar-refractivity contribution in [1.29, 1.82) is 0 Å². The van der Waals surface area contributed by atoms with Gasteiger partial charge in [0, 0.05) is 18.2 Å². The summed E-state index contributed by atoms with van der Waals surface area (Å²) >= 11 is 1.89. The second-order valence-electron chi connectivity index (χ2n) is 3.73. The molecule has 1 aromatic rings. The first-order chi connectivity index (χ1) is 7.31. The molecule has 2 N–H and O–H groups in total. The van der Waals surface area contributed by atoms with Crippen LogP contribution in [0.3, 0.4) is 0 Å². The molecule has 2 rings (SSSR count). The molecule has 0 bridgehead atoms. The Bertz CT molecular complexity index is 340. The number of ether oxygens (including phenoxy) is 1. The summed E-state index contributed by atoms with van der Waals surface area (Å²) in [6.07, 6.45) is 1.02. The molecule has 1 aromatic carbocycles. The van der Waals surface area contributed by atoms with Gasteiger partial charge in [-0.05, 0) is 22.9 Å². The Balaban J connectivity index is 2.08. The number of hydrogen-bond donors (Lipinski definition) is 1. The summed E-state index contributed by atoms with van der Waals surface area (Å²) in [7, 11) is 0. The van der Waals surface area contributed by atoms with E-state index in [2.05, 4.69) is 19.1 Å². The molecule has 0 saturated heterocycles. The monoisotopic (exact) mass is 223 g/mol. The van der Waals surface area contributed by atoms with Gasteiger partial charge in [0.15, 0.2) is 0 Å². The SMILES string of the molecule is CCSCC(N)c1ccc2c(c1)CCO2. The average Bonchev–Trinajstić information content (AvgIpc) is 2.72. The van der Waals surface area contributed by atoms with Crippen molar-refractivity contribution < 1.29 is 4.74 Å². The first-order valence-corrected chi connectivity index (χ1v) is 6.55. The van der Waals surface area contributed by atoms with E-state index >= 15 is 0 Å². The molecule has 0 radical (unpaired) electrons. The van der Waals surface area contributed by atoms with Crippen molar-refractivity contribution in [1.82, 2.24) is 0 Å². The topological polar surface area (TPSA) is 35.2 Å². The Morgan fingerprint density at radius 1 is 1.53 bits per heavy atom.